The molecule has 1 aromatic rings. The van der Waals surface area contributed by atoms with Crippen LogP contribution in [0, 0.1) is 5.92 Å². The van der Waals surface area contributed by atoms with E-state index in [1.54, 1.807) is 0 Å². The summed E-state index contributed by atoms with van der Waals surface area (Å²) in [6, 6.07) is 11.2. The maximum atomic E-state index is 12.0. The smallest absolute Gasteiger partial charge is 0.310 e. The van der Waals surface area contributed by atoms with Crippen LogP contribution in [0.3, 0.4) is 0 Å². The summed E-state index contributed by atoms with van der Waals surface area (Å²) in [5.41, 5.74) is 1.32. The van der Waals surface area contributed by atoms with E-state index in [1.165, 1.54) is 5.56 Å². The van der Waals surface area contributed by atoms with Crippen molar-refractivity contribution in [3.05, 3.63) is 35.9 Å². The van der Waals surface area contributed by atoms with Crippen molar-refractivity contribution in [2.45, 2.75) is 45.7 Å². The summed E-state index contributed by atoms with van der Waals surface area (Å²) in [5, 5.41) is 0. The Morgan fingerprint density at radius 1 is 1.35 bits per heavy atom. The quantitative estimate of drug-likeness (QED) is 0.771. The fraction of sp³-hybridized carbons (Fsp3) is 0.588. The van der Waals surface area contributed by atoms with E-state index in [0.717, 1.165) is 19.4 Å². The summed E-state index contributed by atoms with van der Waals surface area (Å²) >= 11 is 0. The van der Waals surface area contributed by atoms with Crippen molar-refractivity contribution in [1.29, 1.82) is 0 Å². The van der Waals surface area contributed by atoms with Crippen molar-refractivity contribution < 1.29 is 9.53 Å². The van der Waals surface area contributed by atoms with Crippen molar-refractivity contribution in [3.63, 3.8) is 0 Å². The Morgan fingerprint density at radius 3 is 2.70 bits per heavy atom. The van der Waals surface area contributed by atoms with Gasteiger partial charge in [-0.15, -0.1) is 0 Å². The molecule has 2 rings (SSSR count). The molecule has 0 N–H and O–H groups in total. The number of esters is 1. The molecule has 1 fully saturated rings. The van der Waals surface area contributed by atoms with Gasteiger partial charge >= 0.3 is 5.97 Å². The van der Waals surface area contributed by atoms with Crippen LogP contribution in [-0.2, 0) is 9.53 Å². The number of carbonyl (C=O) groups is 1. The van der Waals surface area contributed by atoms with E-state index < -0.39 is 0 Å². The lowest BCUT2D eigenvalue weighted by Crippen LogP contribution is -2.40. The molecule has 20 heavy (non-hydrogen) atoms. The van der Waals surface area contributed by atoms with Gasteiger partial charge in [-0.2, -0.15) is 0 Å². The predicted molar refractivity (Wildman–Crippen MR) is 80.4 cm³/mol. The summed E-state index contributed by atoms with van der Waals surface area (Å²) in [6.45, 7) is 7.61. The number of benzene rings is 1. The van der Waals surface area contributed by atoms with Gasteiger partial charge in [0.05, 0.1) is 12.5 Å². The van der Waals surface area contributed by atoms with Gasteiger partial charge in [-0.1, -0.05) is 37.3 Å². The zero-order valence-corrected chi connectivity index (χ0v) is 12.7. The second-order valence-corrected chi connectivity index (χ2v) is 5.57. The monoisotopic (exact) mass is 275 g/mol. The summed E-state index contributed by atoms with van der Waals surface area (Å²) in [4.78, 5) is 14.4. The summed E-state index contributed by atoms with van der Waals surface area (Å²) in [5.74, 6) is -0.117. The van der Waals surface area contributed by atoms with Crippen LogP contribution in [0.25, 0.3) is 0 Å². The molecule has 0 spiro atoms. The van der Waals surface area contributed by atoms with E-state index in [0.29, 0.717) is 18.7 Å². The molecule has 1 aliphatic heterocycles. The van der Waals surface area contributed by atoms with Crippen LogP contribution in [0.5, 0.6) is 0 Å². The number of carbonyl (C=O) groups excluding carboxylic acids is 1. The van der Waals surface area contributed by atoms with Gasteiger partial charge < -0.3 is 4.74 Å². The fourth-order valence-electron chi connectivity index (χ4n) is 3.19. The highest BCUT2D eigenvalue weighted by Crippen LogP contribution is 2.33. The zero-order valence-electron chi connectivity index (χ0n) is 12.7. The molecular formula is C17H25NO2. The maximum Gasteiger partial charge on any atom is 0.310 e. The minimum atomic E-state index is -0.0651. The lowest BCUT2D eigenvalue weighted by Gasteiger charge is -2.33. The van der Waals surface area contributed by atoms with E-state index in [-0.39, 0.29) is 11.9 Å². The molecule has 1 heterocycles. The van der Waals surface area contributed by atoms with Gasteiger partial charge in [-0.05, 0) is 38.8 Å². The molecule has 1 aromatic carbocycles. The normalized spacial score (nSPS) is 22.4. The lowest BCUT2D eigenvalue weighted by atomic mass is 9.97. The van der Waals surface area contributed by atoms with Gasteiger partial charge in [-0.25, -0.2) is 0 Å². The van der Waals surface area contributed by atoms with Crippen LogP contribution in [0.1, 0.15) is 45.2 Å². The van der Waals surface area contributed by atoms with Crippen molar-refractivity contribution in [2.75, 3.05) is 13.2 Å². The van der Waals surface area contributed by atoms with Crippen LogP contribution >= 0.6 is 0 Å². The first kappa shape index (κ1) is 15.0. The van der Waals surface area contributed by atoms with E-state index >= 15 is 0 Å². The third-order valence-corrected chi connectivity index (χ3v) is 4.36. The van der Waals surface area contributed by atoms with Gasteiger partial charge in [-0.3, -0.25) is 9.69 Å². The van der Waals surface area contributed by atoms with Gasteiger partial charge in [0, 0.05) is 12.1 Å². The van der Waals surface area contributed by atoms with Gasteiger partial charge in [0.2, 0.25) is 0 Å². The molecule has 0 aromatic heterocycles. The highest BCUT2D eigenvalue weighted by Gasteiger charge is 2.36. The first-order chi connectivity index (χ1) is 9.65. The van der Waals surface area contributed by atoms with E-state index in [4.69, 9.17) is 4.74 Å². The Balaban J connectivity index is 2.09. The number of rotatable bonds is 5. The molecule has 0 unspecified atom stereocenters. The number of hydrogen-bond acceptors (Lipinski definition) is 3. The first-order valence-electron chi connectivity index (χ1n) is 7.62. The Hall–Kier alpha value is -1.35. The van der Waals surface area contributed by atoms with Crippen LogP contribution in [0.15, 0.2) is 30.3 Å². The number of hydrogen-bond donors (Lipinski definition) is 0. The average molecular weight is 275 g/mol. The average Bonchev–Trinajstić information content (AvgIpc) is 2.96. The highest BCUT2D eigenvalue weighted by molar-refractivity contribution is 5.72. The topological polar surface area (TPSA) is 29.5 Å². The minimum Gasteiger partial charge on any atom is -0.466 e. The van der Waals surface area contributed by atoms with Crippen LogP contribution in [0.2, 0.25) is 0 Å². The first-order valence-corrected chi connectivity index (χ1v) is 7.62. The summed E-state index contributed by atoms with van der Waals surface area (Å²) in [7, 11) is 0. The Morgan fingerprint density at radius 2 is 2.05 bits per heavy atom. The molecule has 0 aliphatic carbocycles. The second-order valence-electron chi connectivity index (χ2n) is 5.57. The van der Waals surface area contributed by atoms with Crippen molar-refractivity contribution in [2.24, 2.45) is 5.92 Å². The predicted octanol–water partition coefficient (Wildman–Crippen LogP) is 3.41. The van der Waals surface area contributed by atoms with Crippen LogP contribution < -0.4 is 0 Å². The van der Waals surface area contributed by atoms with Crippen LogP contribution in [0.4, 0.5) is 0 Å². The molecule has 1 aliphatic rings. The third kappa shape index (κ3) is 3.21. The van der Waals surface area contributed by atoms with Gasteiger partial charge in [0.25, 0.3) is 0 Å². The molecule has 3 nitrogen and oxygen atoms in total. The fourth-order valence-corrected chi connectivity index (χ4v) is 3.19. The van der Waals surface area contributed by atoms with Crippen molar-refractivity contribution in [1.82, 2.24) is 4.90 Å². The van der Waals surface area contributed by atoms with Gasteiger partial charge in [0.15, 0.2) is 0 Å². The van der Waals surface area contributed by atoms with E-state index in [1.807, 2.05) is 19.9 Å². The SMILES string of the molecule is CCOC(=O)[C@@H](C)[C@@H]1CCCN1[C@@H](C)c1ccccc1. The van der Waals surface area contributed by atoms with Crippen molar-refractivity contribution >= 4 is 5.97 Å². The van der Waals surface area contributed by atoms with E-state index in [2.05, 4.69) is 36.1 Å². The van der Waals surface area contributed by atoms with Gasteiger partial charge in [0.1, 0.15) is 0 Å². The maximum absolute atomic E-state index is 12.0. The molecule has 0 bridgehead atoms. The highest BCUT2D eigenvalue weighted by atomic mass is 16.5. The molecule has 0 saturated carbocycles. The third-order valence-electron chi connectivity index (χ3n) is 4.36. The molecule has 1 saturated heterocycles. The molecular weight excluding hydrogens is 250 g/mol. The summed E-state index contributed by atoms with van der Waals surface area (Å²) < 4.78 is 5.18. The molecule has 0 radical (unpaired) electrons. The number of ether oxygens (including phenoxy) is 1. The second kappa shape index (κ2) is 6.89. The molecule has 0 amide bonds. The Bertz CT molecular complexity index is 432. The molecule has 3 heteroatoms. The zero-order chi connectivity index (χ0) is 14.5. The Labute approximate surface area is 121 Å². The van der Waals surface area contributed by atoms with E-state index in [9.17, 15) is 4.79 Å². The standard InChI is InChI=1S/C17H25NO2/c1-4-20-17(19)13(2)16-11-8-12-18(16)14(3)15-9-6-5-7-10-15/h5-7,9-10,13-14,16H,4,8,11-12H2,1-3H3/t13-,14-,16-/m0/s1. The Kier molecular flexibility index (Phi) is 5.18. The lowest BCUT2D eigenvalue weighted by molar-refractivity contribution is -0.149. The number of nitrogens with zero attached hydrogens (tertiary/aromatic N) is 1. The van der Waals surface area contributed by atoms with Crippen LogP contribution in [-0.4, -0.2) is 30.1 Å². The molecule has 110 valence electrons. The minimum absolute atomic E-state index is 0.0522. The van der Waals surface area contributed by atoms with Crippen molar-refractivity contribution in [3.8, 4) is 0 Å². The number of likely N-dealkylation sites (tertiary alicyclic amines) is 1. The summed E-state index contributed by atoms with van der Waals surface area (Å²) in [6.07, 6.45) is 2.24. The largest absolute Gasteiger partial charge is 0.466 e. The molecule has 3 atom stereocenters.